The summed E-state index contributed by atoms with van der Waals surface area (Å²) in [5.74, 6) is 1.73. The molecule has 1 unspecified atom stereocenters. The van der Waals surface area contributed by atoms with E-state index in [9.17, 15) is 0 Å². The Labute approximate surface area is 72.9 Å². The Morgan fingerprint density at radius 2 is 1.82 bits per heavy atom. The lowest BCUT2D eigenvalue weighted by molar-refractivity contribution is 0.246. The Kier molecular flexibility index (Phi) is 2.06. The first-order valence-corrected chi connectivity index (χ1v) is 4.89. The molecule has 2 saturated carbocycles. The van der Waals surface area contributed by atoms with Gasteiger partial charge in [-0.1, -0.05) is 6.42 Å². The number of hydrogen-bond acceptors (Lipinski definition) is 2. The minimum absolute atomic E-state index is 0.557. The molecule has 0 heterocycles. The number of nitrogens with zero attached hydrogens (tertiary/aromatic N) is 1. The maximum absolute atomic E-state index is 4.65. The van der Waals surface area contributed by atoms with Gasteiger partial charge in [0.05, 0.1) is 11.2 Å². The van der Waals surface area contributed by atoms with Crippen LogP contribution >= 0.6 is 12.2 Å². The monoisotopic (exact) mass is 167 g/mol. The van der Waals surface area contributed by atoms with Gasteiger partial charge in [0.25, 0.3) is 0 Å². The highest BCUT2D eigenvalue weighted by Gasteiger charge is 2.38. The number of isothiocyanates is 1. The summed E-state index contributed by atoms with van der Waals surface area (Å²) in [6.07, 6.45) is 6.91. The molecular weight excluding hydrogens is 154 g/mol. The van der Waals surface area contributed by atoms with Gasteiger partial charge in [0.1, 0.15) is 0 Å². The van der Waals surface area contributed by atoms with Crippen molar-refractivity contribution in [1.29, 1.82) is 0 Å². The van der Waals surface area contributed by atoms with E-state index in [1.807, 2.05) is 0 Å². The molecule has 2 fully saturated rings. The third-order valence-corrected chi connectivity index (χ3v) is 3.04. The molecule has 0 aromatic rings. The molecule has 0 radical (unpaired) electrons. The van der Waals surface area contributed by atoms with Gasteiger partial charge in [-0.2, -0.15) is 0 Å². The van der Waals surface area contributed by atoms with Crippen LogP contribution in [-0.4, -0.2) is 11.2 Å². The van der Waals surface area contributed by atoms with Crippen LogP contribution < -0.4 is 0 Å². The first-order chi connectivity index (χ1) is 5.42. The Morgan fingerprint density at radius 1 is 1.18 bits per heavy atom. The van der Waals surface area contributed by atoms with Crippen LogP contribution in [0.4, 0.5) is 0 Å². The smallest absolute Gasteiger partial charge is 0.0659 e. The summed E-state index contributed by atoms with van der Waals surface area (Å²) < 4.78 is 0. The minimum atomic E-state index is 0.557. The van der Waals surface area contributed by atoms with Crippen molar-refractivity contribution in [3.05, 3.63) is 0 Å². The van der Waals surface area contributed by atoms with E-state index in [2.05, 4.69) is 22.4 Å². The van der Waals surface area contributed by atoms with Crippen molar-refractivity contribution in [2.75, 3.05) is 0 Å². The van der Waals surface area contributed by atoms with Crippen molar-refractivity contribution in [2.45, 2.75) is 38.1 Å². The lowest BCUT2D eigenvalue weighted by atomic mass is 9.78. The molecule has 0 aliphatic heterocycles. The maximum Gasteiger partial charge on any atom is 0.0659 e. The molecule has 60 valence electrons. The van der Waals surface area contributed by atoms with Gasteiger partial charge in [0.2, 0.25) is 0 Å². The summed E-state index contributed by atoms with van der Waals surface area (Å²) >= 11 is 4.65. The Balaban J connectivity index is 1.95. The molecule has 2 aliphatic rings. The standard InChI is InChI=1S/C9H13NS/c11-6-10-9(8-4-5-8)7-2-1-3-7/h7-9H,1-5H2. The van der Waals surface area contributed by atoms with Crippen LogP contribution in [0.25, 0.3) is 0 Å². The minimum Gasteiger partial charge on any atom is -0.229 e. The Hall–Kier alpha value is -0.200. The summed E-state index contributed by atoms with van der Waals surface area (Å²) in [7, 11) is 0. The van der Waals surface area contributed by atoms with Gasteiger partial charge in [-0.3, -0.25) is 0 Å². The average Bonchev–Trinajstić information content (AvgIpc) is 2.63. The van der Waals surface area contributed by atoms with Gasteiger partial charge in [-0.05, 0) is 49.7 Å². The summed E-state index contributed by atoms with van der Waals surface area (Å²) in [6.45, 7) is 0. The van der Waals surface area contributed by atoms with E-state index < -0.39 is 0 Å². The second kappa shape index (κ2) is 3.04. The fourth-order valence-corrected chi connectivity index (χ4v) is 2.00. The predicted octanol–water partition coefficient (Wildman–Crippen LogP) is 2.67. The van der Waals surface area contributed by atoms with Crippen molar-refractivity contribution in [3.63, 3.8) is 0 Å². The molecule has 1 nitrogen and oxygen atoms in total. The normalized spacial score (nSPS) is 26.9. The van der Waals surface area contributed by atoms with E-state index in [1.165, 1.54) is 32.1 Å². The summed E-state index contributed by atoms with van der Waals surface area (Å²) in [4.78, 5) is 4.27. The Morgan fingerprint density at radius 3 is 2.18 bits per heavy atom. The summed E-state index contributed by atoms with van der Waals surface area (Å²) in [6, 6.07) is 0.557. The van der Waals surface area contributed by atoms with Crippen molar-refractivity contribution < 1.29 is 0 Å². The molecular formula is C9H13NS. The van der Waals surface area contributed by atoms with E-state index in [0.29, 0.717) is 6.04 Å². The third kappa shape index (κ3) is 1.52. The quantitative estimate of drug-likeness (QED) is 0.465. The van der Waals surface area contributed by atoms with Gasteiger partial charge in [0.15, 0.2) is 0 Å². The van der Waals surface area contributed by atoms with Gasteiger partial charge in [0, 0.05) is 0 Å². The zero-order valence-electron chi connectivity index (χ0n) is 6.62. The van der Waals surface area contributed by atoms with Crippen LogP contribution in [-0.2, 0) is 0 Å². The molecule has 11 heavy (non-hydrogen) atoms. The van der Waals surface area contributed by atoms with Gasteiger partial charge < -0.3 is 0 Å². The highest BCUT2D eigenvalue weighted by atomic mass is 32.1. The van der Waals surface area contributed by atoms with E-state index in [1.54, 1.807) is 0 Å². The van der Waals surface area contributed by atoms with Crippen LogP contribution in [0.15, 0.2) is 4.99 Å². The molecule has 0 bridgehead atoms. The zero-order chi connectivity index (χ0) is 7.68. The van der Waals surface area contributed by atoms with Crippen molar-refractivity contribution in [1.82, 2.24) is 0 Å². The maximum atomic E-state index is 4.65. The fraction of sp³-hybridized carbons (Fsp3) is 0.889. The highest BCUT2D eigenvalue weighted by molar-refractivity contribution is 7.78. The van der Waals surface area contributed by atoms with Crippen LogP contribution in [0.5, 0.6) is 0 Å². The van der Waals surface area contributed by atoms with Crippen LogP contribution in [0.1, 0.15) is 32.1 Å². The van der Waals surface area contributed by atoms with Gasteiger partial charge in [-0.15, -0.1) is 0 Å². The van der Waals surface area contributed by atoms with Crippen molar-refractivity contribution in [3.8, 4) is 0 Å². The molecule has 0 saturated heterocycles. The van der Waals surface area contributed by atoms with E-state index >= 15 is 0 Å². The molecule has 0 N–H and O–H groups in total. The van der Waals surface area contributed by atoms with Gasteiger partial charge in [-0.25, -0.2) is 4.99 Å². The Bertz CT molecular complexity index is 188. The summed E-state index contributed by atoms with van der Waals surface area (Å²) in [5, 5.41) is 2.55. The molecule has 1 atom stereocenters. The molecule has 0 aromatic heterocycles. The van der Waals surface area contributed by atoms with Gasteiger partial charge >= 0.3 is 0 Å². The fourth-order valence-electron chi connectivity index (χ4n) is 1.88. The zero-order valence-corrected chi connectivity index (χ0v) is 7.44. The SMILES string of the molecule is S=C=NC(C1CCC1)C1CC1. The van der Waals surface area contributed by atoms with Crippen molar-refractivity contribution >= 4 is 17.4 Å². The topological polar surface area (TPSA) is 12.4 Å². The van der Waals surface area contributed by atoms with E-state index in [-0.39, 0.29) is 0 Å². The average molecular weight is 167 g/mol. The first kappa shape index (κ1) is 7.45. The van der Waals surface area contributed by atoms with E-state index in [4.69, 9.17) is 0 Å². The highest BCUT2D eigenvalue weighted by Crippen LogP contribution is 2.43. The third-order valence-electron chi connectivity index (χ3n) is 2.94. The number of aliphatic imine (C=N–C) groups is 1. The predicted molar refractivity (Wildman–Crippen MR) is 48.9 cm³/mol. The molecule has 2 rings (SSSR count). The molecule has 0 amide bonds. The van der Waals surface area contributed by atoms with Crippen LogP contribution in [0.2, 0.25) is 0 Å². The van der Waals surface area contributed by atoms with Crippen molar-refractivity contribution in [2.24, 2.45) is 16.8 Å². The number of thiocarbonyl (C=S) groups is 1. The number of hydrogen-bond donors (Lipinski definition) is 0. The lowest BCUT2D eigenvalue weighted by Crippen LogP contribution is -2.26. The first-order valence-electron chi connectivity index (χ1n) is 4.49. The van der Waals surface area contributed by atoms with E-state index in [0.717, 1.165) is 11.8 Å². The lowest BCUT2D eigenvalue weighted by Gasteiger charge is -2.30. The summed E-state index contributed by atoms with van der Waals surface area (Å²) in [5.41, 5.74) is 0. The molecule has 2 aliphatic carbocycles. The molecule has 0 spiro atoms. The second-order valence-electron chi connectivity index (χ2n) is 3.74. The molecule has 2 heteroatoms. The number of rotatable bonds is 3. The second-order valence-corrected chi connectivity index (χ2v) is 3.92. The largest absolute Gasteiger partial charge is 0.229 e. The van der Waals surface area contributed by atoms with Crippen LogP contribution in [0.3, 0.4) is 0 Å². The van der Waals surface area contributed by atoms with Crippen LogP contribution in [0, 0.1) is 11.8 Å². The molecule has 0 aromatic carbocycles.